The van der Waals surface area contributed by atoms with Crippen LogP contribution in [0.25, 0.3) is 0 Å². The fourth-order valence-corrected chi connectivity index (χ4v) is 6.16. The predicted octanol–water partition coefficient (Wildman–Crippen LogP) is 3.27. The summed E-state index contributed by atoms with van der Waals surface area (Å²) < 4.78 is 32.3. The van der Waals surface area contributed by atoms with E-state index in [1.807, 2.05) is 0 Å². The van der Waals surface area contributed by atoms with Crippen molar-refractivity contribution < 1.29 is 17.9 Å². The molecular formula is C17H25NO4S2. The van der Waals surface area contributed by atoms with Gasteiger partial charge in [0.25, 0.3) is 10.0 Å². The number of carbonyl (C=O) groups is 1. The molecule has 2 aliphatic rings. The molecule has 0 N–H and O–H groups in total. The lowest BCUT2D eigenvalue weighted by atomic mass is 9.90. The number of sulfonamides is 1. The lowest BCUT2D eigenvalue weighted by Gasteiger charge is -2.30. The first-order valence-corrected chi connectivity index (χ1v) is 11.1. The number of hydrogen-bond donors (Lipinski definition) is 0. The summed E-state index contributed by atoms with van der Waals surface area (Å²) in [7, 11) is -3.40. The van der Waals surface area contributed by atoms with Crippen LogP contribution in [0.3, 0.4) is 0 Å². The maximum atomic E-state index is 12.5. The van der Waals surface area contributed by atoms with Crippen LogP contribution in [0.4, 0.5) is 0 Å². The highest BCUT2D eigenvalue weighted by atomic mass is 32.2. The topological polar surface area (TPSA) is 63.7 Å². The van der Waals surface area contributed by atoms with E-state index < -0.39 is 10.0 Å². The van der Waals surface area contributed by atoms with Crippen molar-refractivity contribution in [3.05, 3.63) is 17.5 Å². The van der Waals surface area contributed by atoms with E-state index in [1.165, 1.54) is 34.9 Å². The summed E-state index contributed by atoms with van der Waals surface area (Å²) in [4.78, 5) is 12.2. The molecule has 1 saturated carbocycles. The standard InChI is InChI=1S/C17H25NO4S2/c19-17(22-13-14-5-2-1-3-6-14)15-8-10-18(11-9-15)24(20,21)16-7-4-12-23-16/h4,7,12,14-15H,1-3,5-6,8-11,13H2. The van der Waals surface area contributed by atoms with Gasteiger partial charge in [0.2, 0.25) is 0 Å². The minimum atomic E-state index is -3.40. The number of rotatable bonds is 5. The minimum Gasteiger partial charge on any atom is -0.465 e. The zero-order valence-electron chi connectivity index (χ0n) is 13.9. The molecule has 2 heterocycles. The van der Waals surface area contributed by atoms with E-state index in [9.17, 15) is 13.2 Å². The monoisotopic (exact) mass is 371 g/mol. The summed E-state index contributed by atoms with van der Waals surface area (Å²) >= 11 is 1.23. The molecule has 0 atom stereocenters. The molecule has 5 nitrogen and oxygen atoms in total. The SMILES string of the molecule is O=C(OCC1CCCCC1)C1CCN(S(=O)(=O)c2cccs2)CC1. The second-order valence-electron chi connectivity index (χ2n) is 6.74. The van der Waals surface area contributed by atoms with E-state index in [0.29, 0.717) is 42.7 Å². The molecule has 2 fully saturated rings. The first kappa shape index (κ1) is 17.9. The number of nitrogens with zero attached hydrogens (tertiary/aromatic N) is 1. The summed E-state index contributed by atoms with van der Waals surface area (Å²) in [6.07, 6.45) is 7.18. The molecule has 1 aromatic heterocycles. The van der Waals surface area contributed by atoms with Crippen molar-refractivity contribution in [1.29, 1.82) is 0 Å². The Bertz CT molecular complexity index is 628. The van der Waals surface area contributed by atoms with Crippen molar-refractivity contribution in [2.45, 2.75) is 49.2 Å². The van der Waals surface area contributed by atoms with Crippen molar-refractivity contribution in [2.24, 2.45) is 11.8 Å². The molecule has 0 bridgehead atoms. The van der Waals surface area contributed by atoms with Gasteiger partial charge in [-0.1, -0.05) is 25.3 Å². The number of carbonyl (C=O) groups excluding carboxylic acids is 1. The Balaban J connectivity index is 1.47. The van der Waals surface area contributed by atoms with Gasteiger partial charge in [0, 0.05) is 13.1 Å². The maximum Gasteiger partial charge on any atom is 0.309 e. The van der Waals surface area contributed by atoms with E-state index >= 15 is 0 Å². The first-order valence-electron chi connectivity index (χ1n) is 8.77. The molecule has 1 aromatic rings. The van der Waals surface area contributed by atoms with Gasteiger partial charge in [0.05, 0.1) is 12.5 Å². The number of esters is 1. The second kappa shape index (κ2) is 7.97. The minimum absolute atomic E-state index is 0.145. The third kappa shape index (κ3) is 4.18. The van der Waals surface area contributed by atoms with Gasteiger partial charge in [-0.05, 0) is 43.0 Å². The van der Waals surface area contributed by atoms with Crippen LogP contribution in [-0.2, 0) is 19.6 Å². The summed E-state index contributed by atoms with van der Waals surface area (Å²) in [5.41, 5.74) is 0. The molecule has 0 amide bonds. The molecule has 7 heteroatoms. The average Bonchev–Trinajstić information content (AvgIpc) is 3.16. The molecule has 0 spiro atoms. The van der Waals surface area contributed by atoms with Crippen molar-refractivity contribution in [3.63, 3.8) is 0 Å². The normalized spacial score (nSPS) is 21.7. The molecule has 0 radical (unpaired) electrons. The smallest absolute Gasteiger partial charge is 0.309 e. The molecule has 0 unspecified atom stereocenters. The Morgan fingerprint density at radius 3 is 2.50 bits per heavy atom. The molecule has 0 aromatic carbocycles. The molecular weight excluding hydrogens is 346 g/mol. The third-order valence-corrected chi connectivity index (χ3v) is 8.33. The van der Waals surface area contributed by atoms with Gasteiger partial charge in [-0.15, -0.1) is 11.3 Å². The van der Waals surface area contributed by atoms with Gasteiger partial charge < -0.3 is 4.74 Å². The van der Waals surface area contributed by atoms with Crippen LogP contribution in [0.15, 0.2) is 21.7 Å². The molecule has 1 aliphatic heterocycles. The number of thiophene rings is 1. The van der Waals surface area contributed by atoms with Crippen molar-refractivity contribution >= 4 is 27.3 Å². The van der Waals surface area contributed by atoms with Gasteiger partial charge in [-0.25, -0.2) is 8.42 Å². The first-order chi connectivity index (χ1) is 11.6. The third-order valence-electron chi connectivity index (χ3n) is 5.06. The molecule has 1 aliphatic carbocycles. The van der Waals surface area contributed by atoms with E-state index in [0.717, 1.165) is 12.8 Å². The number of hydrogen-bond acceptors (Lipinski definition) is 5. The van der Waals surface area contributed by atoms with Crippen LogP contribution < -0.4 is 0 Å². The lowest BCUT2D eigenvalue weighted by Crippen LogP contribution is -2.40. The fraction of sp³-hybridized carbons (Fsp3) is 0.706. The average molecular weight is 372 g/mol. The fourth-order valence-electron chi connectivity index (χ4n) is 3.54. The highest BCUT2D eigenvalue weighted by Crippen LogP contribution is 2.28. The van der Waals surface area contributed by atoms with Crippen LogP contribution in [0.5, 0.6) is 0 Å². The summed E-state index contributed by atoms with van der Waals surface area (Å²) in [6, 6.07) is 3.37. The molecule has 3 rings (SSSR count). The zero-order valence-corrected chi connectivity index (χ0v) is 15.5. The van der Waals surface area contributed by atoms with E-state index in [1.54, 1.807) is 17.5 Å². The summed E-state index contributed by atoms with van der Waals surface area (Å²) in [5.74, 6) is 0.208. The number of piperidine rings is 1. The Hall–Kier alpha value is -0.920. The molecule has 1 saturated heterocycles. The van der Waals surface area contributed by atoms with Crippen LogP contribution in [0.2, 0.25) is 0 Å². The van der Waals surface area contributed by atoms with E-state index in [-0.39, 0.29) is 11.9 Å². The van der Waals surface area contributed by atoms with Crippen molar-refractivity contribution in [3.8, 4) is 0 Å². The van der Waals surface area contributed by atoms with Gasteiger partial charge in [-0.3, -0.25) is 4.79 Å². The molecule has 134 valence electrons. The van der Waals surface area contributed by atoms with E-state index in [2.05, 4.69) is 0 Å². The van der Waals surface area contributed by atoms with Gasteiger partial charge in [-0.2, -0.15) is 4.31 Å². The van der Waals surface area contributed by atoms with Crippen LogP contribution >= 0.6 is 11.3 Å². The van der Waals surface area contributed by atoms with Gasteiger partial charge in [0.15, 0.2) is 0 Å². The largest absolute Gasteiger partial charge is 0.465 e. The lowest BCUT2D eigenvalue weighted by molar-refractivity contribution is -0.151. The van der Waals surface area contributed by atoms with Gasteiger partial charge in [0.1, 0.15) is 4.21 Å². The Labute approximate surface area is 148 Å². The Kier molecular flexibility index (Phi) is 5.94. The Morgan fingerprint density at radius 1 is 1.17 bits per heavy atom. The highest BCUT2D eigenvalue weighted by Gasteiger charge is 2.33. The quantitative estimate of drug-likeness (QED) is 0.745. The summed E-state index contributed by atoms with van der Waals surface area (Å²) in [5, 5.41) is 1.77. The maximum absolute atomic E-state index is 12.5. The van der Waals surface area contributed by atoms with Crippen molar-refractivity contribution in [2.75, 3.05) is 19.7 Å². The second-order valence-corrected chi connectivity index (χ2v) is 9.86. The zero-order chi connectivity index (χ0) is 17.0. The summed E-state index contributed by atoms with van der Waals surface area (Å²) in [6.45, 7) is 1.32. The van der Waals surface area contributed by atoms with Gasteiger partial charge >= 0.3 is 5.97 Å². The van der Waals surface area contributed by atoms with Crippen LogP contribution in [0, 0.1) is 11.8 Å². The number of ether oxygens (including phenoxy) is 1. The van der Waals surface area contributed by atoms with Crippen LogP contribution in [0.1, 0.15) is 44.9 Å². The van der Waals surface area contributed by atoms with Crippen LogP contribution in [-0.4, -0.2) is 38.4 Å². The van der Waals surface area contributed by atoms with Crippen molar-refractivity contribution in [1.82, 2.24) is 4.31 Å². The Morgan fingerprint density at radius 2 is 1.88 bits per heavy atom. The van der Waals surface area contributed by atoms with E-state index in [4.69, 9.17) is 4.74 Å². The molecule has 24 heavy (non-hydrogen) atoms. The predicted molar refractivity (Wildman–Crippen MR) is 93.3 cm³/mol. The highest BCUT2D eigenvalue weighted by molar-refractivity contribution is 7.91.